The number of hydrogen-bond acceptors (Lipinski definition) is 8. The van der Waals surface area contributed by atoms with E-state index in [0.717, 1.165) is 0 Å². The fraction of sp³-hybridized carbons (Fsp3) is 0.263. The standard InChI is InChI=1S/C19H21N3O6/c1-24-15-7-6-11(8-16(15)25-2)22-13(10-20-21-22)12-9-14(23)18(27-4)19(28-5)17(12)26-3/h6-10,23H,1-5H3. The first-order valence-electron chi connectivity index (χ1n) is 8.24. The van der Waals surface area contributed by atoms with Crippen LogP contribution in [0.25, 0.3) is 16.9 Å². The van der Waals surface area contributed by atoms with Gasteiger partial charge >= 0.3 is 0 Å². The largest absolute Gasteiger partial charge is 0.504 e. The Hall–Kier alpha value is -3.62. The zero-order chi connectivity index (χ0) is 20.3. The van der Waals surface area contributed by atoms with Crippen molar-refractivity contribution in [1.29, 1.82) is 0 Å². The Morgan fingerprint density at radius 3 is 2.07 bits per heavy atom. The van der Waals surface area contributed by atoms with E-state index in [2.05, 4.69) is 10.3 Å². The zero-order valence-corrected chi connectivity index (χ0v) is 16.2. The van der Waals surface area contributed by atoms with Crippen LogP contribution in [0.3, 0.4) is 0 Å². The lowest BCUT2D eigenvalue weighted by atomic mass is 10.1. The van der Waals surface area contributed by atoms with Crippen LogP contribution in [0.15, 0.2) is 30.5 Å². The van der Waals surface area contributed by atoms with Gasteiger partial charge in [-0.3, -0.25) is 0 Å². The molecule has 0 bridgehead atoms. The second kappa shape index (κ2) is 7.95. The smallest absolute Gasteiger partial charge is 0.207 e. The SMILES string of the molecule is COc1ccc(-n2nncc2-c2cc(O)c(OC)c(OC)c2OC)cc1OC. The molecule has 2 aromatic carbocycles. The highest BCUT2D eigenvalue weighted by Crippen LogP contribution is 2.49. The minimum absolute atomic E-state index is 0.102. The number of phenols is 1. The molecule has 0 aliphatic heterocycles. The lowest BCUT2D eigenvalue weighted by molar-refractivity contribution is 0.311. The van der Waals surface area contributed by atoms with Crippen molar-refractivity contribution < 1.29 is 28.8 Å². The van der Waals surface area contributed by atoms with Crippen LogP contribution in [0, 0.1) is 0 Å². The number of phenolic OH excluding ortho intramolecular Hbond substituents is 1. The van der Waals surface area contributed by atoms with Crippen LogP contribution < -0.4 is 23.7 Å². The third-order valence-electron chi connectivity index (χ3n) is 4.22. The molecule has 0 spiro atoms. The van der Waals surface area contributed by atoms with E-state index in [1.165, 1.54) is 27.4 Å². The molecule has 0 atom stereocenters. The summed E-state index contributed by atoms with van der Waals surface area (Å²) in [6, 6.07) is 6.86. The van der Waals surface area contributed by atoms with Gasteiger partial charge in [-0.25, -0.2) is 4.68 Å². The molecule has 1 aromatic heterocycles. The average molecular weight is 387 g/mol. The summed E-state index contributed by atoms with van der Waals surface area (Å²) >= 11 is 0. The summed E-state index contributed by atoms with van der Waals surface area (Å²) in [6.45, 7) is 0. The topological polar surface area (TPSA) is 97.1 Å². The molecule has 148 valence electrons. The van der Waals surface area contributed by atoms with Gasteiger partial charge in [0.2, 0.25) is 11.5 Å². The quantitative estimate of drug-likeness (QED) is 0.661. The number of aromatic nitrogens is 3. The van der Waals surface area contributed by atoms with E-state index in [9.17, 15) is 5.11 Å². The van der Waals surface area contributed by atoms with Crippen molar-refractivity contribution >= 4 is 0 Å². The van der Waals surface area contributed by atoms with E-state index in [4.69, 9.17) is 23.7 Å². The van der Waals surface area contributed by atoms with Crippen LogP contribution in [0.5, 0.6) is 34.5 Å². The second-order valence-electron chi connectivity index (χ2n) is 5.61. The summed E-state index contributed by atoms with van der Waals surface area (Å²) < 4.78 is 28.4. The van der Waals surface area contributed by atoms with Gasteiger partial charge in [-0.2, -0.15) is 0 Å². The van der Waals surface area contributed by atoms with Crippen molar-refractivity contribution in [2.45, 2.75) is 0 Å². The maximum atomic E-state index is 10.4. The van der Waals surface area contributed by atoms with E-state index in [1.54, 1.807) is 37.2 Å². The van der Waals surface area contributed by atoms with Crippen LogP contribution >= 0.6 is 0 Å². The van der Waals surface area contributed by atoms with Gasteiger partial charge < -0.3 is 28.8 Å². The molecule has 1 heterocycles. The Balaban J connectivity index is 2.21. The van der Waals surface area contributed by atoms with Crippen LogP contribution in [0.4, 0.5) is 0 Å². The molecule has 28 heavy (non-hydrogen) atoms. The summed E-state index contributed by atoms with van der Waals surface area (Å²) in [6.07, 6.45) is 1.56. The van der Waals surface area contributed by atoms with Gasteiger partial charge in [0.1, 0.15) is 0 Å². The summed E-state index contributed by atoms with van der Waals surface area (Å²) in [7, 11) is 7.52. The number of nitrogens with zero attached hydrogens (tertiary/aromatic N) is 3. The Bertz CT molecular complexity index is 986. The van der Waals surface area contributed by atoms with Gasteiger partial charge in [-0.15, -0.1) is 5.10 Å². The van der Waals surface area contributed by atoms with Crippen molar-refractivity contribution in [3.8, 4) is 51.4 Å². The highest BCUT2D eigenvalue weighted by atomic mass is 16.5. The molecule has 1 N–H and O–H groups in total. The Morgan fingerprint density at radius 1 is 0.786 bits per heavy atom. The van der Waals surface area contributed by atoms with Gasteiger partial charge in [0.25, 0.3) is 0 Å². The maximum Gasteiger partial charge on any atom is 0.207 e. The molecule has 0 unspecified atom stereocenters. The van der Waals surface area contributed by atoms with E-state index < -0.39 is 0 Å². The van der Waals surface area contributed by atoms with Gasteiger partial charge in [-0.1, -0.05) is 5.21 Å². The molecular formula is C19H21N3O6. The second-order valence-corrected chi connectivity index (χ2v) is 5.61. The Kier molecular flexibility index (Phi) is 5.44. The number of hydrogen-bond donors (Lipinski definition) is 1. The normalized spacial score (nSPS) is 10.5. The van der Waals surface area contributed by atoms with Crippen molar-refractivity contribution in [2.75, 3.05) is 35.5 Å². The number of aromatic hydroxyl groups is 1. The van der Waals surface area contributed by atoms with E-state index in [0.29, 0.717) is 34.2 Å². The van der Waals surface area contributed by atoms with Crippen molar-refractivity contribution in [3.05, 3.63) is 30.5 Å². The first-order chi connectivity index (χ1) is 13.6. The summed E-state index contributed by atoms with van der Waals surface area (Å²) in [5.41, 5.74) is 1.78. The minimum Gasteiger partial charge on any atom is -0.504 e. The van der Waals surface area contributed by atoms with Crippen molar-refractivity contribution in [1.82, 2.24) is 15.0 Å². The van der Waals surface area contributed by atoms with Crippen molar-refractivity contribution in [3.63, 3.8) is 0 Å². The fourth-order valence-corrected chi connectivity index (χ4v) is 2.95. The Labute approximate surface area is 162 Å². The third-order valence-corrected chi connectivity index (χ3v) is 4.22. The van der Waals surface area contributed by atoms with Crippen LogP contribution in [0.1, 0.15) is 0 Å². The predicted molar refractivity (Wildman–Crippen MR) is 101 cm³/mol. The first-order valence-corrected chi connectivity index (χ1v) is 8.24. The van der Waals surface area contributed by atoms with E-state index >= 15 is 0 Å². The molecule has 0 fully saturated rings. The molecule has 0 radical (unpaired) electrons. The van der Waals surface area contributed by atoms with Gasteiger partial charge in [-0.05, 0) is 18.2 Å². The fourth-order valence-electron chi connectivity index (χ4n) is 2.95. The predicted octanol–water partition coefficient (Wildman–Crippen LogP) is 2.68. The summed E-state index contributed by atoms with van der Waals surface area (Å²) in [4.78, 5) is 0. The minimum atomic E-state index is -0.102. The maximum absolute atomic E-state index is 10.4. The molecule has 0 aliphatic carbocycles. The molecule has 3 rings (SSSR count). The highest BCUT2D eigenvalue weighted by Gasteiger charge is 2.24. The summed E-state index contributed by atoms with van der Waals surface area (Å²) in [5, 5.41) is 18.6. The van der Waals surface area contributed by atoms with Crippen LogP contribution in [-0.4, -0.2) is 55.6 Å². The molecular weight excluding hydrogens is 366 g/mol. The van der Waals surface area contributed by atoms with Gasteiger partial charge in [0.05, 0.1) is 58.7 Å². The first kappa shape index (κ1) is 19.2. The molecule has 0 saturated carbocycles. The molecule has 9 heteroatoms. The van der Waals surface area contributed by atoms with Gasteiger partial charge in [0.15, 0.2) is 23.0 Å². The lowest BCUT2D eigenvalue weighted by Crippen LogP contribution is -2.03. The lowest BCUT2D eigenvalue weighted by Gasteiger charge is -2.17. The van der Waals surface area contributed by atoms with Gasteiger partial charge in [0, 0.05) is 6.07 Å². The van der Waals surface area contributed by atoms with Crippen molar-refractivity contribution in [2.24, 2.45) is 0 Å². The highest BCUT2D eigenvalue weighted by molar-refractivity contribution is 5.78. The number of benzene rings is 2. The van der Waals surface area contributed by atoms with E-state index in [-0.39, 0.29) is 17.2 Å². The molecule has 0 amide bonds. The molecule has 3 aromatic rings. The zero-order valence-electron chi connectivity index (χ0n) is 16.2. The van der Waals surface area contributed by atoms with E-state index in [1.807, 2.05) is 6.07 Å². The number of methoxy groups -OCH3 is 5. The van der Waals surface area contributed by atoms with Crippen LogP contribution in [0.2, 0.25) is 0 Å². The summed E-state index contributed by atoms with van der Waals surface area (Å²) in [5.74, 6) is 1.85. The molecule has 0 saturated heterocycles. The molecule has 0 aliphatic rings. The number of ether oxygens (including phenoxy) is 5. The number of rotatable bonds is 7. The van der Waals surface area contributed by atoms with Crippen LogP contribution in [-0.2, 0) is 0 Å². The monoisotopic (exact) mass is 387 g/mol. The Morgan fingerprint density at radius 2 is 1.46 bits per heavy atom. The average Bonchev–Trinajstić information content (AvgIpc) is 3.21. The third kappa shape index (κ3) is 3.11. The molecule has 9 nitrogen and oxygen atoms in total.